The van der Waals surface area contributed by atoms with Gasteiger partial charge in [-0.25, -0.2) is 0 Å². The van der Waals surface area contributed by atoms with Crippen molar-refractivity contribution >= 4 is 29.1 Å². The lowest BCUT2D eigenvalue weighted by molar-refractivity contribution is -0.402. The van der Waals surface area contributed by atoms with Crippen LogP contribution in [0.3, 0.4) is 0 Å². The van der Waals surface area contributed by atoms with Crippen molar-refractivity contribution in [3.8, 4) is 0 Å². The van der Waals surface area contributed by atoms with Crippen molar-refractivity contribution in [1.29, 1.82) is 0 Å². The van der Waals surface area contributed by atoms with Crippen LogP contribution in [0.2, 0.25) is 0 Å². The van der Waals surface area contributed by atoms with E-state index in [9.17, 15) is 10.1 Å². The first-order valence-electron chi connectivity index (χ1n) is 9.48. The first-order valence-corrected chi connectivity index (χ1v) is 11.5. The van der Waals surface area contributed by atoms with Crippen molar-refractivity contribution in [2.75, 3.05) is 6.16 Å². The number of hydrogen-bond acceptors (Lipinski definition) is 3. The van der Waals surface area contributed by atoms with E-state index in [1.54, 1.807) is 6.07 Å². The van der Waals surface area contributed by atoms with Crippen LogP contribution in [0.25, 0.3) is 0 Å². The number of aryl methyl sites for hydroxylation is 1. The molecule has 0 spiro atoms. The molecule has 29 heavy (non-hydrogen) atoms. The summed E-state index contributed by atoms with van der Waals surface area (Å²) in [6, 6.07) is 34.9. The van der Waals surface area contributed by atoms with Crippen molar-refractivity contribution < 1.29 is 9.34 Å². The molecule has 0 fully saturated rings. The van der Waals surface area contributed by atoms with Gasteiger partial charge in [-0.15, -0.1) is 0 Å². The maximum Gasteiger partial charge on any atom is 0.433 e. The van der Waals surface area contributed by atoms with E-state index in [1.165, 1.54) is 22.0 Å². The smallest absolute Gasteiger partial charge is 0.406 e. The van der Waals surface area contributed by atoms with Gasteiger partial charge in [0.2, 0.25) is 0 Å². The Morgan fingerprint density at radius 3 is 1.52 bits per heavy atom. The summed E-state index contributed by atoms with van der Waals surface area (Å²) in [4.78, 5) is 10.5. The van der Waals surface area contributed by atoms with Crippen molar-refractivity contribution in [2.45, 2.75) is 6.42 Å². The molecular weight excluding hydrogens is 381 g/mol. The molecule has 144 valence electrons. The Morgan fingerprint density at radius 2 is 1.14 bits per heavy atom. The van der Waals surface area contributed by atoms with Crippen LogP contribution >= 0.6 is 7.26 Å². The molecule has 1 aromatic heterocycles. The molecule has 1 heterocycles. The van der Waals surface area contributed by atoms with Crippen LogP contribution in [0.1, 0.15) is 5.76 Å². The van der Waals surface area contributed by atoms with E-state index in [4.69, 9.17) is 4.42 Å². The summed E-state index contributed by atoms with van der Waals surface area (Å²) < 4.78 is 5.47. The first kappa shape index (κ1) is 19.1. The molecule has 4 nitrogen and oxygen atoms in total. The Bertz CT molecular complexity index is 982. The summed E-state index contributed by atoms with van der Waals surface area (Å²) in [6.07, 6.45) is 1.45. The molecule has 0 saturated heterocycles. The zero-order chi connectivity index (χ0) is 20.1. The van der Waals surface area contributed by atoms with Crippen molar-refractivity contribution in [1.82, 2.24) is 0 Å². The quantitative estimate of drug-likeness (QED) is 0.255. The molecule has 5 heteroatoms. The highest BCUT2D eigenvalue weighted by molar-refractivity contribution is 7.95. The number of hydrogen-bond donors (Lipinski definition) is 0. The largest absolute Gasteiger partial charge is 0.433 e. The number of nitro groups is 1. The molecule has 3 aromatic carbocycles. The fourth-order valence-corrected chi connectivity index (χ4v) is 8.03. The minimum absolute atomic E-state index is 0.205. The van der Waals surface area contributed by atoms with Crippen LogP contribution in [0, 0.1) is 10.1 Å². The fraction of sp³-hybridized carbons (Fsp3) is 0.0833. The average molecular weight is 402 g/mol. The van der Waals surface area contributed by atoms with Crippen LogP contribution in [0.5, 0.6) is 0 Å². The summed E-state index contributed by atoms with van der Waals surface area (Å²) >= 11 is 0. The molecule has 0 N–H and O–H groups in total. The van der Waals surface area contributed by atoms with Gasteiger partial charge in [0.05, 0.1) is 12.2 Å². The van der Waals surface area contributed by atoms with E-state index in [2.05, 4.69) is 72.8 Å². The summed E-state index contributed by atoms with van der Waals surface area (Å²) in [7, 11) is -1.96. The Kier molecular flexibility index (Phi) is 5.55. The average Bonchev–Trinajstić information content (AvgIpc) is 3.26. The van der Waals surface area contributed by atoms with Crippen LogP contribution in [-0.2, 0) is 6.42 Å². The minimum Gasteiger partial charge on any atom is -0.406 e. The lowest BCUT2D eigenvalue weighted by atomic mass is 10.3. The molecular formula is C24H21NO3P+. The van der Waals surface area contributed by atoms with Gasteiger partial charge in [0.25, 0.3) is 0 Å². The van der Waals surface area contributed by atoms with Crippen LogP contribution in [-0.4, -0.2) is 11.1 Å². The molecule has 0 aliphatic heterocycles. The summed E-state index contributed by atoms with van der Waals surface area (Å²) in [5.74, 6) is 0.437. The predicted molar refractivity (Wildman–Crippen MR) is 119 cm³/mol. The number of benzene rings is 3. The van der Waals surface area contributed by atoms with Crippen LogP contribution < -0.4 is 15.9 Å². The Hall–Kier alpha value is -3.23. The van der Waals surface area contributed by atoms with Crippen LogP contribution in [0.4, 0.5) is 5.88 Å². The Balaban J connectivity index is 1.84. The van der Waals surface area contributed by atoms with E-state index >= 15 is 0 Å². The van der Waals surface area contributed by atoms with Gasteiger partial charge >= 0.3 is 5.88 Å². The van der Waals surface area contributed by atoms with Crippen molar-refractivity contribution in [3.63, 3.8) is 0 Å². The Labute approximate surface area is 170 Å². The molecule has 0 unspecified atom stereocenters. The topological polar surface area (TPSA) is 56.3 Å². The molecule has 0 atom stereocenters. The lowest BCUT2D eigenvalue weighted by Gasteiger charge is -2.27. The van der Waals surface area contributed by atoms with E-state index in [0.29, 0.717) is 12.2 Å². The summed E-state index contributed by atoms with van der Waals surface area (Å²) in [6.45, 7) is 0. The molecule has 0 amide bonds. The fourth-order valence-electron chi connectivity index (χ4n) is 3.76. The number of furan rings is 1. The van der Waals surface area contributed by atoms with E-state index in [-0.39, 0.29) is 5.88 Å². The summed E-state index contributed by atoms with van der Waals surface area (Å²) in [5.41, 5.74) is 0. The molecule has 0 aliphatic rings. The third-order valence-electron chi connectivity index (χ3n) is 5.11. The monoisotopic (exact) mass is 402 g/mol. The van der Waals surface area contributed by atoms with Crippen molar-refractivity contribution in [2.24, 2.45) is 0 Å². The second kappa shape index (κ2) is 8.42. The molecule has 4 rings (SSSR count). The van der Waals surface area contributed by atoms with Gasteiger partial charge in [-0.1, -0.05) is 54.6 Å². The number of rotatable bonds is 7. The molecule has 0 radical (unpaired) electrons. The van der Waals surface area contributed by atoms with E-state index in [0.717, 1.165) is 6.16 Å². The van der Waals surface area contributed by atoms with E-state index in [1.807, 2.05) is 18.2 Å². The normalized spacial score (nSPS) is 11.3. The van der Waals surface area contributed by atoms with Gasteiger partial charge in [-0.2, -0.15) is 0 Å². The van der Waals surface area contributed by atoms with Gasteiger partial charge in [-0.05, 0) is 42.5 Å². The second-order valence-electron chi connectivity index (χ2n) is 6.79. The molecule has 0 saturated carbocycles. The van der Waals surface area contributed by atoms with Gasteiger partial charge in [0, 0.05) is 6.42 Å². The highest BCUT2D eigenvalue weighted by atomic mass is 31.2. The van der Waals surface area contributed by atoms with Gasteiger partial charge in [0.1, 0.15) is 33.9 Å². The number of nitrogens with zero attached hydrogens (tertiary/aromatic N) is 1. The summed E-state index contributed by atoms with van der Waals surface area (Å²) in [5, 5.41) is 14.9. The predicted octanol–water partition coefficient (Wildman–Crippen LogP) is 4.72. The van der Waals surface area contributed by atoms with Crippen LogP contribution in [0.15, 0.2) is 108 Å². The third-order valence-corrected chi connectivity index (χ3v) is 9.55. The standard InChI is InChI=1S/C24H21NO3P/c26-25(27)24-17-16-20(28-24)18-19-29(21-10-4-1-5-11-21,22-12-6-2-7-13-22)23-14-8-3-9-15-23/h1-17H,18-19H2/q+1. The zero-order valence-corrected chi connectivity index (χ0v) is 16.7. The van der Waals surface area contributed by atoms with Gasteiger partial charge in [-0.3, -0.25) is 10.1 Å². The maximum absolute atomic E-state index is 11.0. The molecule has 0 bridgehead atoms. The van der Waals surface area contributed by atoms with Gasteiger partial charge < -0.3 is 4.42 Å². The molecule has 0 aliphatic carbocycles. The first-order chi connectivity index (χ1) is 14.2. The molecule has 4 aromatic rings. The van der Waals surface area contributed by atoms with Crippen molar-refractivity contribution in [3.05, 3.63) is 119 Å². The van der Waals surface area contributed by atoms with E-state index < -0.39 is 12.2 Å². The highest BCUT2D eigenvalue weighted by Gasteiger charge is 2.45. The highest BCUT2D eigenvalue weighted by Crippen LogP contribution is 2.55. The lowest BCUT2D eigenvalue weighted by Crippen LogP contribution is -2.33. The minimum atomic E-state index is -1.96. The Morgan fingerprint density at radius 1 is 0.690 bits per heavy atom. The maximum atomic E-state index is 11.0. The van der Waals surface area contributed by atoms with Gasteiger partial charge in [0.15, 0.2) is 0 Å². The SMILES string of the molecule is O=[N+]([O-])c1ccc(CC[P+](c2ccccc2)(c2ccccc2)c2ccccc2)o1. The second-order valence-corrected chi connectivity index (χ2v) is 10.4. The third kappa shape index (κ3) is 3.85. The zero-order valence-electron chi connectivity index (χ0n) is 15.8.